The highest BCUT2D eigenvalue weighted by molar-refractivity contribution is 5.68. The number of nitrogens with zero attached hydrogens (tertiary/aromatic N) is 4. The molecule has 0 bridgehead atoms. The van der Waals surface area contributed by atoms with Crippen LogP contribution in [0, 0.1) is 0 Å². The molecule has 6 nitrogen and oxygen atoms in total. The molecule has 0 spiro atoms. The lowest BCUT2D eigenvalue weighted by Crippen LogP contribution is -1.97. The highest BCUT2D eigenvalue weighted by atomic mass is 16.5. The summed E-state index contributed by atoms with van der Waals surface area (Å²) in [6.45, 7) is 0. The van der Waals surface area contributed by atoms with E-state index in [-0.39, 0.29) is 5.75 Å². The SMILES string of the molecule is COc1cc(-c2cnc3ccc(-c4ccncc4)nn23)ccc1O. The Morgan fingerprint density at radius 2 is 1.83 bits per heavy atom. The molecule has 4 rings (SSSR count). The third-order valence-electron chi connectivity index (χ3n) is 3.81. The number of phenolic OH excluding ortho intramolecular Hbond substituents is 1. The van der Waals surface area contributed by atoms with Gasteiger partial charge in [0, 0.05) is 23.5 Å². The minimum Gasteiger partial charge on any atom is -0.504 e. The zero-order valence-corrected chi connectivity index (χ0v) is 12.9. The number of aromatic hydroxyl groups is 1. The Kier molecular flexibility index (Phi) is 3.35. The number of phenols is 1. The predicted molar refractivity (Wildman–Crippen MR) is 89.9 cm³/mol. The Labute approximate surface area is 138 Å². The van der Waals surface area contributed by atoms with E-state index in [1.54, 1.807) is 35.2 Å². The van der Waals surface area contributed by atoms with Crippen molar-refractivity contribution in [3.63, 3.8) is 0 Å². The van der Waals surface area contributed by atoms with Gasteiger partial charge in [-0.2, -0.15) is 5.10 Å². The second kappa shape index (κ2) is 5.66. The fourth-order valence-electron chi connectivity index (χ4n) is 2.58. The molecule has 0 amide bonds. The molecule has 0 radical (unpaired) electrons. The van der Waals surface area contributed by atoms with Gasteiger partial charge in [0.25, 0.3) is 0 Å². The first-order valence-electron chi connectivity index (χ1n) is 7.39. The lowest BCUT2D eigenvalue weighted by atomic mass is 10.1. The number of imidazole rings is 1. The van der Waals surface area contributed by atoms with Crippen molar-refractivity contribution in [2.75, 3.05) is 7.11 Å². The minimum atomic E-state index is 0.0977. The first-order chi connectivity index (χ1) is 11.8. The molecule has 4 aromatic rings. The first kappa shape index (κ1) is 14.2. The molecule has 3 heterocycles. The Morgan fingerprint density at radius 3 is 2.62 bits per heavy atom. The summed E-state index contributed by atoms with van der Waals surface area (Å²) < 4.78 is 6.96. The molecule has 0 aliphatic rings. The summed E-state index contributed by atoms with van der Waals surface area (Å²) in [4.78, 5) is 8.42. The molecule has 0 aliphatic heterocycles. The summed E-state index contributed by atoms with van der Waals surface area (Å²) in [5.74, 6) is 0.508. The summed E-state index contributed by atoms with van der Waals surface area (Å²) in [6, 6.07) is 12.8. The third-order valence-corrected chi connectivity index (χ3v) is 3.81. The number of hydrogen-bond donors (Lipinski definition) is 1. The second-order valence-corrected chi connectivity index (χ2v) is 5.25. The predicted octanol–water partition coefficient (Wildman–Crippen LogP) is 3.17. The molecule has 0 saturated heterocycles. The normalized spacial score (nSPS) is 10.9. The minimum absolute atomic E-state index is 0.0977. The molecule has 3 aromatic heterocycles. The molecular formula is C18H14N4O2. The van der Waals surface area contributed by atoms with Gasteiger partial charge in [0.15, 0.2) is 17.1 Å². The van der Waals surface area contributed by atoms with Crippen LogP contribution in [-0.2, 0) is 0 Å². The van der Waals surface area contributed by atoms with Gasteiger partial charge >= 0.3 is 0 Å². The summed E-state index contributed by atoms with van der Waals surface area (Å²) >= 11 is 0. The van der Waals surface area contributed by atoms with Gasteiger partial charge in [0.1, 0.15) is 0 Å². The van der Waals surface area contributed by atoms with Gasteiger partial charge in [-0.3, -0.25) is 4.98 Å². The van der Waals surface area contributed by atoms with Gasteiger partial charge in [0.05, 0.1) is 24.7 Å². The van der Waals surface area contributed by atoms with Crippen molar-refractivity contribution in [2.24, 2.45) is 0 Å². The van der Waals surface area contributed by atoms with Gasteiger partial charge < -0.3 is 9.84 Å². The lowest BCUT2D eigenvalue weighted by Gasteiger charge is -2.07. The van der Waals surface area contributed by atoms with E-state index in [2.05, 4.69) is 15.1 Å². The van der Waals surface area contributed by atoms with Gasteiger partial charge in [-0.25, -0.2) is 9.50 Å². The van der Waals surface area contributed by atoms with Crippen LogP contribution in [0.4, 0.5) is 0 Å². The average Bonchev–Trinajstić information content (AvgIpc) is 3.06. The zero-order chi connectivity index (χ0) is 16.5. The van der Waals surface area contributed by atoms with Crippen LogP contribution < -0.4 is 4.74 Å². The molecule has 118 valence electrons. The van der Waals surface area contributed by atoms with Crippen LogP contribution in [0.5, 0.6) is 11.5 Å². The highest BCUT2D eigenvalue weighted by Gasteiger charge is 2.11. The van der Waals surface area contributed by atoms with E-state index in [4.69, 9.17) is 4.74 Å². The van der Waals surface area contributed by atoms with Crippen molar-refractivity contribution in [3.8, 4) is 34.0 Å². The van der Waals surface area contributed by atoms with Crippen LogP contribution in [0.1, 0.15) is 0 Å². The second-order valence-electron chi connectivity index (χ2n) is 5.25. The zero-order valence-electron chi connectivity index (χ0n) is 12.9. The van der Waals surface area contributed by atoms with Crippen LogP contribution in [0.15, 0.2) is 61.1 Å². The van der Waals surface area contributed by atoms with Crippen LogP contribution in [0.3, 0.4) is 0 Å². The van der Waals surface area contributed by atoms with E-state index >= 15 is 0 Å². The molecule has 0 aliphatic carbocycles. The van der Waals surface area contributed by atoms with Crippen molar-refractivity contribution in [3.05, 3.63) is 61.1 Å². The standard InChI is InChI=1S/C18H14N4O2/c1-24-17-10-13(2-4-16(17)23)15-11-20-18-5-3-14(21-22(15)18)12-6-8-19-9-7-12/h2-11,23H,1H3. The van der Waals surface area contributed by atoms with E-state index in [0.717, 1.165) is 28.2 Å². The largest absolute Gasteiger partial charge is 0.504 e. The fraction of sp³-hybridized carbons (Fsp3) is 0.0556. The number of fused-ring (bicyclic) bond motifs is 1. The Hall–Kier alpha value is -3.41. The van der Waals surface area contributed by atoms with E-state index in [1.807, 2.05) is 30.3 Å². The van der Waals surface area contributed by atoms with Gasteiger partial charge in [-0.05, 0) is 42.5 Å². The van der Waals surface area contributed by atoms with Crippen molar-refractivity contribution >= 4 is 5.65 Å². The maximum atomic E-state index is 9.77. The number of pyridine rings is 1. The van der Waals surface area contributed by atoms with Crippen molar-refractivity contribution in [1.82, 2.24) is 19.6 Å². The molecule has 0 fully saturated rings. The highest BCUT2D eigenvalue weighted by Crippen LogP contribution is 2.31. The van der Waals surface area contributed by atoms with Gasteiger partial charge in [-0.1, -0.05) is 0 Å². The van der Waals surface area contributed by atoms with E-state index < -0.39 is 0 Å². The third kappa shape index (κ3) is 2.34. The summed E-state index contributed by atoms with van der Waals surface area (Å²) in [6.07, 6.45) is 5.23. The number of hydrogen-bond acceptors (Lipinski definition) is 5. The molecule has 1 N–H and O–H groups in total. The van der Waals surface area contributed by atoms with Crippen LogP contribution in [0.25, 0.3) is 28.2 Å². The summed E-state index contributed by atoms with van der Waals surface area (Å²) in [5.41, 5.74) is 4.23. The maximum absolute atomic E-state index is 9.77. The van der Waals surface area contributed by atoms with E-state index in [1.165, 1.54) is 7.11 Å². The van der Waals surface area contributed by atoms with Crippen molar-refractivity contribution in [2.45, 2.75) is 0 Å². The molecule has 0 unspecified atom stereocenters. The first-order valence-corrected chi connectivity index (χ1v) is 7.39. The Morgan fingerprint density at radius 1 is 1.00 bits per heavy atom. The molecule has 0 saturated carbocycles. The monoisotopic (exact) mass is 318 g/mol. The van der Waals surface area contributed by atoms with E-state index in [9.17, 15) is 5.11 Å². The van der Waals surface area contributed by atoms with Gasteiger partial charge in [-0.15, -0.1) is 0 Å². The van der Waals surface area contributed by atoms with Crippen LogP contribution >= 0.6 is 0 Å². The molecular weight excluding hydrogens is 304 g/mol. The number of methoxy groups -OCH3 is 1. The van der Waals surface area contributed by atoms with Crippen molar-refractivity contribution in [1.29, 1.82) is 0 Å². The van der Waals surface area contributed by atoms with Gasteiger partial charge in [0.2, 0.25) is 0 Å². The summed E-state index contributed by atoms with van der Waals surface area (Å²) in [7, 11) is 1.52. The fourth-order valence-corrected chi connectivity index (χ4v) is 2.58. The van der Waals surface area contributed by atoms with Crippen LogP contribution in [0.2, 0.25) is 0 Å². The molecule has 0 atom stereocenters. The van der Waals surface area contributed by atoms with Crippen molar-refractivity contribution < 1.29 is 9.84 Å². The Bertz CT molecular complexity index is 1010. The quantitative estimate of drug-likeness (QED) is 0.628. The number of ether oxygens (including phenoxy) is 1. The average molecular weight is 318 g/mol. The van der Waals surface area contributed by atoms with E-state index in [0.29, 0.717) is 5.75 Å². The number of rotatable bonds is 3. The number of benzene rings is 1. The molecule has 24 heavy (non-hydrogen) atoms. The molecule has 6 heteroatoms. The summed E-state index contributed by atoms with van der Waals surface area (Å²) in [5, 5.41) is 14.5. The topological polar surface area (TPSA) is 72.5 Å². The smallest absolute Gasteiger partial charge is 0.161 e. The molecule has 1 aromatic carbocycles. The maximum Gasteiger partial charge on any atom is 0.161 e. The number of aromatic nitrogens is 4. The lowest BCUT2D eigenvalue weighted by molar-refractivity contribution is 0.373. The van der Waals surface area contributed by atoms with Crippen LogP contribution in [-0.4, -0.2) is 31.8 Å². The Balaban J connectivity index is 1.87.